The van der Waals surface area contributed by atoms with Crippen molar-refractivity contribution < 1.29 is 9.53 Å². The van der Waals surface area contributed by atoms with Crippen LogP contribution in [0.3, 0.4) is 0 Å². The minimum absolute atomic E-state index is 0. The Balaban J connectivity index is 0.00000132. The Morgan fingerprint density at radius 2 is 1.74 bits per heavy atom. The Morgan fingerprint density at radius 1 is 1.09 bits per heavy atom. The highest BCUT2D eigenvalue weighted by atomic mass is 35.5. The highest BCUT2D eigenvalue weighted by Gasteiger charge is 2.42. The van der Waals surface area contributed by atoms with Crippen LogP contribution in [0.15, 0.2) is 0 Å². The lowest BCUT2D eigenvalue weighted by Crippen LogP contribution is -2.55. The normalized spacial score (nSPS) is 27.9. The minimum atomic E-state index is 0. The van der Waals surface area contributed by atoms with Crippen molar-refractivity contribution in [2.45, 2.75) is 56.5 Å². The Morgan fingerprint density at radius 3 is 2.35 bits per heavy atom. The van der Waals surface area contributed by atoms with Gasteiger partial charge in [0.15, 0.2) is 0 Å². The SMILES string of the molecule is Cl.Cl.NC1CCCN(C(=O)CC2(N3CCOCC3)CCCC2)C1. The number of halogens is 2. The van der Waals surface area contributed by atoms with Crippen LogP contribution < -0.4 is 5.73 Å². The van der Waals surface area contributed by atoms with Crippen LogP contribution >= 0.6 is 24.8 Å². The van der Waals surface area contributed by atoms with Crippen molar-refractivity contribution in [1.82, 2.24) is 9.80 Å². The van der Waals surface area contributed by atoms with E-state index in [9.17, 15) is 4.79 Å². The molecule has 5 nitrogen and oxygen atoms in total. The molecule has 7 heteroatoms. The highest BCUT2D eigenvalue weighted by Crippen LogP contribution is 2.39. The summed E-state index contributed by atoms with van der Waals surface area (Å²) in [5.41, 5.74) is 6.13. The molecule has 1 saturated carbocycles. The molecule has 136 valence electrons. The van der Waals surface area contributed by atoms with Gasteiger partial charge >= 0.3 is 0 Å². The fourth-order valence-corrected chi connectivity index (χ4v) is 4.31. The summed E-state index contributed by atoms with van der Waals surface area (Å²) in [6.45, 7) is 5.22. The smallest absolute Gasteiger partial charge is 0.224 e. The molecule has 1 amide bonds. The van der Waals surface area contributed by atoms with E-state index in [0.717, 1.165) is 52.2 Å². The number of morpholine rings is 1. The van der Waals surface area contributed by atoms with Crippen molar-refractivity contribution in [2.24, 2.45) is 5.73 Å². The van der Waals surface area contributed by atoms with Gasteiger partial charge in [-0.1, -0.05) is 12.8 Å². The van der Waals surface area contributed by atoms with Crippen molar-refractivity contribution in [3.05, 3.63) is 0 Å². The zero-order valence-corrected chi connectivity index (χ0v) is 15.5. The molecule has 2 heterocycles. The molecule has 3 aliphatic rings. The van der Waals surface area contributed by atoms with Gasteiger partial charge in [0.2, 0.25) is 5.91 Å². The lowest BCUT2D eigenvalue weighted by atomic mass is 9.89. The van der Waals surface area contributed by atoms with E-state index in [0.29, 0.717) is 12.3 Å². The molecule has 2 aliphatic heterocycles. The zero-order valence-electron chi connectivity index (χ0n) is 13.9. The van der Waals surface area contributed by atoms with Crippen LogP contribution in [-0.4, -0.2) is 66.7 Å². The van der Waals surface area contributed by atoms with Crippen molar-refractivity contribution in [3.63, 3.8) is 0 Å². The van der Waals surface area contributed by atoms with Gasteiger partial charge in [0, 0.05) is 44.2 Å². The summed E-state index contributed by atoms with van der Waals surface area (Å²) >= 11 is 0. The first-order valence-corrected chi connectivity index (χ1v) is 8.56. The number of hydrogen-bond acceptors (Lipinski definition) is 4. The van der Waals surface area contributed by atoms with E-state index < -0.39 is 0 Å². The van der Waals surface area contributed by atoms with Gasteiger partial charge < -0.3 is 15.4 Å². The molecule has 23 heavy (non-hydrogen) atoms. The Labute approximate surface area is 152 Å². The molecule has 0 radical (unpaired) electrons. The number of likely N-dealkylation sites (tertiary alicyclic amines) is 1. The number of nitrogens with two attached hydrogens (primary N) is 1. The van der Waals surface area contributed by atoms with E-state index in [1.807, 2.05) is 4.90 Å². The van der Waals surface area contributed by atoms with E-state index >= 15 is 0 Å². The van der Waals surface area contributed by atoms with Gasteiger partial charge in [-0.25, -0.2) is 0 Å². The Kier molecular flexibility index (Phi) is 8.59. The van der Waals surface area contributed by atoms with E-state index in [1.54, 1.807) is 0 Å². The quantitative estimate of drug-likeness (QED) is 0.826. The molecular weight excluding hydrogens is 337 g/mol. The molecule has 1 aliphatic carbocycles. The second-order valence-electron chi connectivity index (χ2n) is 6.95. The number of rotatable bonds is 3. The molecule has 0 spiro atoms. The van der Waals surface area contributed by atoms with Gasteiger partial charge in [-0.15, -0.1) is 24.8 Å². The average Bonchev–Trinajstić information content (AvgIpc) is 2.98. The maximum absolute atomic E-state index is 12.8. The minimum Gasteiger partial charge on any atom is -0.379 e. The summed E-state index contributed by atoms with van der Waals surface area (Å²) in [4.78, 5) is 17.3. The predicted molar refractivity (Wildman–Crippen MR) is 96.5 cm³/mol. The second-order valence-corrected chi connectivity index (χ2v) is 6.95. The van der Waals surface area contributed by atoms with Crippen LogP contribution in [0.4, 0.5) is 0 Å². The van der Waals surface area contributed by atoms with E-state index in [4.69, 9.17) is 10.5 Å². The standard InChI is InChI=1S/C16H29N3O2.2ClH/c17-14-4-3-7-18(13-14)15(20)12-16(5-1-2-6-16)19-8-10-21-11-9-19;;/h14H,1-13,17H2;2*1H. The lowest BCUT2D eigenvalue weighted by molar-refractivity contribution is -0.136. The molecule has 2 N–H and O–H groups in total. The fourth-order valence-electron chi connectivity index (χ4n) is 4.31. The summed E-state index contributed by atoms with van der Waals surface area (Å²) in [6, 6.07) is 0.172. The van der Waals surface area contributed by atoms with Gasteiger partial charge in [-0.05, 0) is 25.7 Å². The second kappa shape index (κ2) is 9.42. The fraction of sp³-hybridized carbons (Fsp3) is 0.938. The third-order valence-corrected chi connectivity index (χ3v) is 5.51. The molecule has 1 atom stereocenters. The number of hydrogen-bond donors (Lipinski definition) is 1. The van der Waals surface area contributed by atoms with E-state index in [-0.39, 0.29) is 36.4 Å². The topological polar surface area (TPSA) is 58.8 Å². The third-order valence-electron chi connectivity index (χ3n) is 5.51. The van der Waals surface area contributed by atoms with Gasteiger partial charge in [0.25, 0.3) is 0 Å². The third kappa shape index (κ3) is 4.95. The molecule has 3 rings (SSSR count). The predicted octanol–water partition coefficient (Wildman–Crippen LogP) is 1.81. The Hall–Kier alpha value is -0.0700. The maximum atomic E-state index is 12.8. The van der Waals surface area contributed by atoms with E-state index in [2.05, 4.69) is 4.90 Å². The largest absolute Gasteiger partial charge is 0.379 e. The summed E-state index contributed by atoms with van der Waals surface area (Å²) in [5.74, 6) is 0.318. The first-order chi connectivity index (χ1) is 10.2. The van der Waals surface area contributed by atoms with Crippen LogP contribution in [0.1, 0.15) is 44.9 Å². The number of nitrogens with zero attached hydrogens (tertiary/aromatic N) is 2. The number of carbonyl (C=O) groups is 1. The van der Waals surface area contributed by atoms with Crippen LogP contribution in [-0.2, 0) is 9.53 Å². The van der Waals surface area contributed by atoms with Crippen molar-refractivity contribution >= 4 is 30.7 Å². The van der Waals surface area contributed by atoms with Crippen LogP contribution in [0.5, 0.6) is 0 Å². The van der Waals surface area contributed by atoms with Crippen LogP contribution in [0, 0.1) is 0 Å². The molecule has 0 bridgehead atoms. The van der Waals surface area contributed by atoms with Gasteiger partial charge in [0.05, 0.1) is 13.2 Å². The number of carbonyl (C=O) groups excluding carboxylic acids is 1. The summed E-state index contributed by atoms with van der Waals surface area (Å²) in [5, 5.41) is 0. The highest BCUT2D eigenvalue weighted by molar-refractivity contribution is 5.85. The lowest BCUT2D eigenvalue weighted by Gasteiger charge is -2.44. The van der Waals surface area contributed by atoms with Crippen molar-refractivity contribution in [1.29, 1.82) is 0 Å². The van der Waals surface area contributed by atoms with E-state index in [1.165, 1.54) is 25.7 Å². The molecule has 0 aromatic rings. The van der Waals surface area contributed by atoms with Crippen LogP contribution in [0.2, 0.25) is 0 Å². The number of ether oxygens (including phenoxy) is 1. The van der Waals surface area contributed by atoms with Gasteiger partial charge in [0.1, 0.15) is 0 Å². The van der Waals surface area contributed by atoms with Crippen molar-refractivity contribution in [2.75, 3.05) is 39.4 Å². The first kappa shape index (κ1) is 21.0. The maximum Gasteiger partial charge on any atom is 0.224 e. The molecule has 3 fully saturated rings. The molecular formula is C16H31Cl2N3O2. The summed E-state index contributed by atoms with van der Waals surface area (Å²) < 4.78 is 5.49. The first-order valence-electron chi connectivity index (χ1n) is 8.56. The monoisotopic (exact) mass is 367 g/mol. The van der Waals surface area contributed by atoms with Gasteiger partial charge in [-0.2, -0.15) is 0 Å². The van der Waals surface area contributed by atoms with Gasteiger partial charge in [-0.3, -0.25) is 9.69 Å². The zero-order chi connectivity index (χ0) is 14.7. The molecule has 0 aromatic carbocycles. The average molecular weight is 368 g/mol. The molecule has 0 aromatic heterocycles. The Bertz CT molecular complexity index is 372. The van der Waals surface area contributed by atoms with Crippen LogP contribution in [0.25, 0.3) is 0 Å². The molecule has 1 unspecified atom stereocenters. The molecule has 2 saturated heterocycles. The number of piperidine rings is 1. The van der Waals surface area contributed by atoms with Crippen molar-refractivity contribution in [3.8, 4) is 0 Å². The summed E-state index contributed by atoms with van der Waals surface area (Å²) in [6.07, 6.45) is 7.63. The summed E-state index contributed by atoms with van der Waals surface area (Å²) in [7, 11) is 0. The number of amides is 1.